The first-order valence-corrected chi connectivity index (χ1v) is 5.86. The van der Waals surface area contributed by atoms with E-state index in [9.17, 15) is 15.2 Å². The van der Waals surface area contributed by atoms with E-state index in [4.69, 9.17) is 16.3 Å². The van der Waals surface area contributed by atoms with E-state index in [0.717, 1.165) is 0 Å². The highest BCUT2D eigenvalue weighted by atomic mass is 35.5. The van der Waals surface area contributed by atoms with Crippen LogP contribution in [0.25, 0.3) is 0 Å². The fraction of sp³-hybridized carbons (Fsp3) is 0.455. The van der Waals surface area contributed by atoms with Crippen LogP contribution < -0.4 is 5.32 Å². The molecule has 1 unspecified atom stereocenters. The SMILES string of the molecule is O=[N+]([O-])c1ccc(Cl)cc1NCC1(O)CCOC1. The van der Waals surface area contributed by atoms with Gasteiger partial charge in [-0.2, -0.15) is 0 Å². The predicted octanol–water partition coefficient (Wildman–Crippen LogP) is 1.81. The second kappa shape index (κ2) is 5.09. The summed E-state index contributed by atoms with van der Waals surface area (Å²) in [5.41, 5.74) is -0.745. The maximum Gasteiger partial charge on any atom is 0.292 e. The molecule has 0 bridgehead atoms. The zero-order valence-electron chi connectivity index (χ0n) is 9.56. The number of nitrogens with one attached hydrogen (secondary N) is 1. The smallest absolute Gasteiger partial charge is 0.292 e. The van der Waals surface area contributed by atoms with Crippen molar-refractivity contribution in [1.29, 1.82) is 0 Å². The van der Waals surface area contributed by atoms with Gasteiger partial charge in [0, 0.05) is 30.7 Å². The van der Waals surface area contributed by atoms with E-state index in [1.807, 2.05) is 0 Å². The third kappa shape index (κ3) is 2.90. The molecule has 0 radical (unpaired) electrons. The highest BCUT2D eigenvalue weighted by molar-refractivity contribution is 6.31. The summed E-state index contributed by atoms with van der Waals surface area (Å²) in [7, 11) is 0. The first-order valence-electron chi connectivity index (χ1n) is 5.48. The van der Waals surface area contributed by atoms with Crippen molar-refractivity contribution in [2.75, 3.05) is 25.1 Å². The topological polar surface area (TPSA) is 84.6 Å². The minimum absolute atomic E-state index is 0.0677. The van der Waals surface area contributed by atoms with Crippen molar-refractivity contribution >= 4 is 23.0 Å². The van der Waals surface area contributed by atoms with Crippen molar-refractivity contribution in [3.8, 4) is 0 Å². The van der Waals surface area contributed by atoms with Gasteiger partial charge < -0.3 is 15.2 Å². The molecule has 1 heterocycles. The maximum absolute atomic E-state index is 10.8. The summed E-state index contributed by atoms with van der Waals surface area (Å²) < 4.78 is 5.10. The molecule has 1 fully saturated rings. The van der Waals surface area contributed by atoms with Crippen LogP contribution in [-0.4, -0.2) is 35.4 Å². The lowest BCUT2D eigenvalue weighted by Gasteiger charge is -2.21. The highest BCUT2D eigenvalue weighted by Gasteiger charge is 2.32. The van der Waals surface area contributed by atoms with E-state index in [-0.39, 0.29) is 18.8 Å². The van der Waals surface area contributed by atoms with Crippen LogP contribution in [0.5, 0.6) is 0 Å². The molecule has 6 nitrogen and oxygen atoms in total. The van der Waals surface area contributed by atoms with Gasteiger partial charge in [-0.15, -0.1) is 0 Å². The summed E-state index contributed by atoms with van der Waals surface area (Å²) in [5.74, 6) is 0. The average molecular weight is 273 g/mol. The number of hydrogen-bond donors (Lipinski definition) is 2. The van der Waals surface area contributed by atoms with Gasteiger partial charge in [0.25, 0.3) is 5.69 Å². The van der Waals surface area contributed by atoms with Crippen LogP contribution in [0.1, 0.15) is 6.42 Å². The van der Waals surface area contributed by atoms with E-state index >= 15 is 0 Å². The molecule has 0 saturated carbocycles. The number of hydrogen-bond acceptors (Lipinski definition) is 5. The lowest BCUT2D eigenvalue weighted by Crippen LogP contribution is -2.37. The van der Waals surface area contributed by atoms with Gasteiger partial charge >= 0.3 is 0 Å². The third-order valence-electron chi connectivity index (χ3n) is 2.85. The Hall–Kier alpha value is -1.37. The van der Waals surface area contributed by atoms with Crippen molar-refractivity contribution in [2.45, 2.75) is 12.0 Å². The van der Waals surface area contributed by atoms with Crippen molar-refractivity contribution in [1.82, 2.24) is 0 Å². The fourth-order valence-corrected chi connectivity index (χ4v) is 1.98. The van der Waals surface area contributed by atoms with Crippen LogP contribution >= 0.6 is 11.6 Å². The molecular weight excluding hydrogens is 260 g/mol. The zero-order chi connectivity index (χ0) is 13.2. The molecule has 0 aromatic heterocycles. The first-order chi connectivity index (χ1) is 8.50. The normalized spacial score (nSPS) is 23.0. The predicted molar refractivity (Wildman–Crippen MR) is 67.0 cm³/mol. The molecule has 1 aromatic rings. The van der Waals surface area contributed by atoms with Crippen LogP contribution in [0.15, 0.2) is 18.2 Å². The molecule has 1 aliphatic heterocycles. The van der Waals surface area contributed by atoms with Crippen LogP contribution in [0.2, 0.25) is 5.02 Å². The monoisotopic (exact) mass is 272 g/mol. The largest absolute Gasteiger partial charge is 0.386 e. The molecule has 1 aliphatic rings. The lowest BCUT2D eigenvalue weighted by molar-refractivity contribution is -0.384. The molecule has 7 heteroatoms. The minimum Gasteiger partial charge on any atom is -0.386 e. The number of nitro groups is 1. The van der Waals surface area contributed by atoms with Crippen LogP contribution in [-0.2, 0) is 4.74 Å². The molecule has 1 aromatic carbocycles. The molecule has 98 valence electrons. The summed E-state index contributed by atoms with van der Waals surface area (Å²) >= 11 is 5.80. The van der Waals surface area contributed by atoms with E-state index < -0.39 is 10.5 Å². The van der Waals surface area contributed by atoms with Gasteiger partial charge in [0.1, 0.15) is 11.3 Å². The number of ether oxygens (including phenoxy) is 1. The van der Waals surface area contributed by atoms with Gasteiger partial charge in [0.2, 0.25) is 0 Å². The molecule has 2 N–H and O–H groups in total. The number of rotatable bonds is 4. The maximum atomic E-state index is 10.8. The van der Waals surface area contributed by atoms with E-state index in [1.54, 1.807) is 0 Å². The van der Waals surface area contributed by atoms with Crippen molar-refractivity contribution in [3.05, 3.63) is 33.3 Å². The van der Waals surface area contributed by atoms with Gasteiger partial charge in [0.15, 0.2) is 0 Å². The second-order valence-corrected chi connectivity index (χ2v) is 4.74. The van der Waals surface area contributed by atoms with E-state index in [1.165, 1.54) is 18.2 Å². The van der Waals surface area contributed by atoms with Gasteiger partial charge in [-0.25, -0.2) is 0 Å². The molecule has 1 saturated heterocycles. The highest BCUT2D eigenvalue weighted by Crippen LogP contribution is 2.29. The molecule has 0 aliphatic carbocycles. The van der Waals surface area contributed by atoms with Crippen molar-refractivity contribution in [3.63, 3.8) is 0 Å². The number of anilines is 1. The number of benzene rings is 1. The van der Waals surface area contributed by atoms with Gasteiger partial charge in [-0.3, -0.25) is 10.1 Å². The number of halogens is 1. The Morgan fingerprint density at radius 2 is 2.39 bits per heavy atom. The fourth-order valence-electron chi connectivity index (χ4n) is 1.80. The quantitative estimate of drug-likeness (QED) is 0.645. The zero-order valence-corrected chi connectivity index (χ0v) is 10.3. The molecular formula is C11H13ClN2O4. The van der Waals surface area contributed by atoms with E-state index in [0.29, 0.717) is 23.7 Å². The Balaban J connectivity index is 2.12. The standard InChI is InChI=1S/C11H13ClN2O4/c12-8-1-2-10(14(16)17)9(5-8)13-6-11(15)3-4-18-7-11/h1-2,5,13,15H,3-4,6-7H2. The average Bonchev–Trinajstić information content (AvgIpc) is 2.74. The molecule has 1 atom stereocenters. The Kier molecular flexibility index (Phi) is 3.70. The minimum atomic E-state index is -0.976. The Labute approximate surface area is 109 Å². The first kappa shape index (κ1) is 13.1. The summed E-state index contributed by atoms with van der Waals surface area (Å²) in [4.78, 5) is 10.4. The Bertz CT molecular complexity index is 460. The summed E-state index contributed by atoms with van der Waals surface area (Å²) in [6.07, 6.45) is 0.508. The Morgan fingerprint density at radius 3 is 3.00 bits per heavy atom. The summed E-state index contributed by atoms with van der Waals surface area (Å²) in [5, 5.41) is 24.2. The lowest BCUT2D eigenvalue weighted by atomic mass is 10.0. The second-order valence-electron chi connectivity index (χ2n) is 4.30. The molecule has 2 rings (SSSR count). The van der Waals surface area contributed by atoms with Crippen molar-refractivity contribution < 1.29 is 14.8 Å². The third-order valence-corrected chi connectivity index (χ3v) is 3.08. The number of nitrogens with zero attached hydrogens (tertiary/aromatic N) is 1. The van der Waals surface area contributed by atoms with Gasteiger partial charge in [0.05, 0.1) is 11.5 Å². The number of aliphatic hydroxyl groups is 1. The number of nitro benzene ring substituents is 1. The van der Waals surface area contributed by atoms with Crippen LogP contribution in [0.4, 0.5) is 11.4 Å². The Morgan fingerprint density at radius 1 is 1.61 bits per heavy atom. The van der Waals surface area contributed by atoms with Crippen LogP contribution in [0.3, 0.4) is 0 Å². The summed E-state index contributed by atoms with van der Waals surface area (Å²) in [6, 6.07) is 4.26. The summed E-state index contributed by atoms with van der Waals surface area (Å²) in [6.45, 7) is 0.915. The van der Waals surface area contributed by atoms with Crippen molar-refractivity contribution in [2.24, 2.45) is 0 Å². The van der Waals surface area contributed by atoms with Gasteiger partial charge in [-0.05, 0) is 12.1 Å². The van der Waals surface area contributed by atoms with E-state index in [2.05, 4.69) is 5.32 Å². The van der Waals surface area contributed by atoms with Gasteiger partial charge in [-0.1, -0.05) is 11.6 Å². The van der Waals surface area contributed by atoms with Crippen LogP contribution in [0, 0.1) is 10.1 Å². The molecule has 18 heavy (non-hydrogen) atoms. The molecule has 0 spiro atoms. The molecule has 0 amide bonds.